The minimum absolute atomic E-state index is 0.673. The van der Waals surface area contributed by atoms with Crippen molar-refractivity contribution in [3.8, 4) is 0 Å². The SMILES string of the molecule is CCCCCC=CC1C=CCS1. The number of rotatable bonds is 5. The Labute approximate surface area is 80.1 Å². The van der Waals surface area contributed by atoms with Gasteiger partial charge in [0.2, 0.25) is 0 Å². The highest BCUT2D eigenvalue weighted by atomic mass is 32.2. The summed E-state index contributed by atoms with van der Waals surface area (Å²) in [6, 6.07) is 0. The number of unbranched alkanes of at least 4 members (excludes halogenated alkanes) is 3. The zero-order valence-corrected chi connectivity index (χ0v) is 8.65. The van der Waals surface area contributed by atoms with Crippen LogP contribution >= 0.6 is 11.8 Å². The number of allylic oxidation sites excluding steroid dienone is 1. The molecule has 0 bridgehead atoms. The molecule has 0 spiro atoms. The smallest absolute Gasteiger partial charge is 0.0411 e. The molecular weight excluding hydrogens is 164 g/mol. The van der Waals surface area contributed by atoms with Gasteiger partial charge in [0.15, 0.2) is 0 Å². The fourth-order valence-corrected chi connectivity index (χ4v) is 2.16. The first-order valence-electron chi connectivity index (χ1n) is 4.88. The summed E-state index contributed by atoms with van der Waals surface area (Å²) in [5.74, 6) is 1.20. The highest BCUT2D eigenvalue weighted by Gasteiger charge is 2.03. The van der Waals surface area contributed by atoms with Gasteiger partial charge >= 0.3 is 0 Å². The Hall–Kier alpha value is -0.170. The van der Waals surface area contributed by atoms with E-state index in [1.165, 1.54) is 31.4 Å². The Kier molecular flexibility index (Phi) is 5.25. The van der Waals surface area contributed by atoms with Crippen molar-refractivity contribution >= 4 is 11.8 Å². The van der Waals surface area contributed by atoms with Crippen LogP contribution in [0.1, 0.15) is 32.6 Å². The van der Waals surface area contributed by atoms with Crippen molar-refractivity contribution in [2.75, 3.05) is 5.75 Å². The first kappa shape index (κ1) is 9.91. The van der Waals surface area contributed by atoms with Crippen molar-refractivity contribution in [2.45, 2.75) is 37.9 Å². The Bertz CT molecular complexity index is 158. The molecule has 0 aromatic carbocycles. The van der Waals surface area contributed by atoms with Gasteiger partial charge < -0.3 is 0 Å². The molecule has 1 heterocycles. The van der Waals surface area contributed by atoms with Gasteiger partial charge in [0.1, 0.15) is 0 Å². The summed E-state index contributed by atoms with van der Waals surface area (Å²) in [7, 11) is 0. The van der Waals surface area contributed by atoms with E-state index in [0.29, 0.717) is 5.25 Å². The van der Waals surface area contributed by atoms with Crippen molar-refractivity contribution in [2.24, 2.45) is 0 Å². The van der Waals surface area contributed by atoms with E-state index in [4.69, 9.17) is 0 Å². The first-order chi connectivity index (χ1) is 5.93. The van der Waals surface area contributed by atoms with Crippen LogP contribution in [-0.2, 0) is 0 Å². The van der Waals surface area contributed by atoms with Gasteiger partial charge in [-0.15, -0.1) is 11.8 Å². The molecule has 1 aliphatic heterocycles. The maximum Gasteiger partial charge on any atom is 0.0411 e. The highest BCUT2D eigenvalue weighted by Crippen LogP contribution is 2.20. The van der Waals surface area contributed by atoms with Gasteiger partial charge in [-0.25, -0.2) is 0 Å². The van der Waals surface area contributed by atoms with Crippen LogP contribution in [0.2, 0.25) is 0 Å². The molecule has 0 nitrogen and oxygen atoms in total. The normalized spacial score (nSPS) is 22.6. The van der Waals surface area contributed by atoms with Crippen molar-refractivity contribution in [3.05, 3.63) is 24.3 Å². The van der Waals surface area contributed by atoms with E-state index in [1.807, 2.05) is 11.8 Å². The van der Waals surface area contributed by atoms with E-state index >= 15 is 0 Å². The molecule has 0 N–H and O–H groups in total. The maximum atomic E-state index is 2.34. The molecule has 12 heavy (non-hydrogen) atoms. The van der Waals surface area contributed by atoms with Crippen LogP contribution in [0.25, 0.3) is 0 Å². The Morgan fingerprint density at radius 2 is 2.42 bits per heavy atom. The van der Waals surface area contributed by atoms with Crippen LogP contribution in [0.15, 0.2) is 24.3 Å². The molecule has 0 saturated carbocycles. The number of hydrogen-bond acceptors (Lipinski definition) is 1. The minimum Gasteiger partial charge on any atom is -0.146 e. The second kappa shape index (κ2) is 6.36. The molecule has 1 atom stereocenters. The van der Waals surface area contributed by atoms with Crippen LogP contribution in [0.3, 0.4) is 0 Å². The molecule has 0 radical (unpaired) electrons. The third-order valence-electron chi connectivity index (χ3n) is 2.01. The predicted molar refractivity (Wildman–Crippen MR) is 58.7 cm³/mol. The number of hydrogen-bond donors (Lipinski definition) is 0. The van der Waals surface area contributed by atoms with E-state index in [0.717, 1.165) is 0 Å². The fraction of sp³-hybridized carbons (Fsp3) is 0.636. The average molecular weight is 182 g/mol. The van der Waals surface area contributed by atoms with E-state index in [2.05, 4.69) is 31.2 Å². The summed E-state index contributed by atoms with van der Waals surface area (Å²) in [6.45, 7) is 2.25. The van der Waals surface area contributed by atoms with E-state index in [1.54, 1.807) is 0 Å². The summed E-state index contributed by atoms with van der Waals surface area (Å²) in [6.07, 6.45) is 14.5. The maximum absolute atomic E-state index is 2.34. The molecule has 1 rings (SSSR count). The van der Waals surface area contributed by atoms with Gasteiger partial charge in [0.05, 0.1) is 0 Å². The predicted octanol–water partition coefficient (Wildman–Crippen LogP) is 3.79. The van der Waals surface area contributed by atoms with Gasteiger partial charge in [0, 0.05) is 11.0 Å². The van der Waals surface area contributed by atoms with Gasteiger partial charge in [0.25, 0.3) is 0 Å². The molecule has 0 aromatic heterocycles. The monoisotopic (exact) mass is 182 g/mol. The van der Waals surface area contributed by atoms with Crippen molar-refractivity contribution in [3.63, 3.8) is 0 Å². The zero-order chi connectivity index (χ0) is 8.65. The quantitative estimate of drug-likeness (QED) is 0.460. The van der Waals surface area contributed by atoms with Gasteiger partial charge in [-0.1, -0.05) is 44.1 Å². The Balaban J connectivity index is 2.01. The van der Waals surface area contributed by atoms with Crippen LogP contribution in [0, 0.1) is 0 Å². The average Bonchev–Trinajstić information content (AvgIpc) is 2.57. The standard InChI is InChI=1S/C11H18S/c1-2-3-4-5-6-8-11-9-7-10-12-11/h6-9,11H,2-5,10H2,1H3. The van der Waals surface area contributed by atoms with Crippen LogP contribution in [0.5, 0.6) is 0 Å². The molecule has 1 aliphatic rings. The number of thioether (sulfide) groups is 1. The Morgan fingerprint density at radius 1 is 1.50 bits per heavy atom. The molecular formula is C11H18S. The fourth-order valence-electron chi connectivity index (χ4n) is 1.27. The largest absolute Gasteiger partial charge is 0.146 e. The summed E-state index contributed by atoms with van der Waals surface area (Å²) in [5, 5.41) is 0.673. The highest BCUT2D eigenvalue weighted by molar-refractivity contribution is 8.00. The minimum atomic E-state index is 0.673. The molecule has 0 amide bonds. The van der Waals surface area contributed by atoms with Gasteiger partial charge in [-0.3, -0.25) is 0 Å². The van der Waals surface area contributed by atoms with E-state index in [-0.39, 0.29) is 0 Å². The van der Waals surface area contributed by atoms with Gasteiger partial charge in [-0.2, -0.15) is 0 Å². The van der Waals surface area contributed by atoms with Crippen molar-refractivity contribution in [1.82, 2.24) is 0 Å². The summed E-state index contributed by atoms with van der Waals surface area (Å²) in [4.78, 5) is 0. The van der Waals surface area contributed by atoms with Crippen molar-refractivity contribution in [1.29, 1.82) is 0 Å². The second-order valence-electron chi connectivity index (χ2n) is 3.15. The molecule has 68 valence electrons. The summed E-state index contributed by atoms with van der Waals surface area (Å²) in [5.41, 5.74) is 0. The molecule has 0 saturated heterocycles. The molecule has 1 heteroatoms. The molecule has 0 fully saturated rings. The van der Waals surface area contributed by atoms with Crippen molar-refractivity contribution < 1.29 is 0 Å². The zero-order valence-electron chi connectivity index (χ0n) is 7.83. The molecule has 0 aliphatic carbocycles. The third kappa shape index (κ3) is 4.01. The third-order valence-corrected chi connectivity index (χ3v) is 3.09. The summed E-state index contributed by atoms with van der Waals surface area (Å²) < 4.78 is 0. The van der Waals surface area contributed by atoms with Gasteiger partial charge in [-0.05, 0) is 12.8 Å². The Morgan fingerprint density at radius 3 is 3.08 bits per heavy atom. The lowest BCUT2D eigenvalue weighted by Gasteiger charge is -1.97. The van der Waals surface area contributed by atoms with E-state index in [9.17, 15) is 0 Å². The molecule has 1 unspecified atom stereocenters. The lowest BCUT2D eigenvalue weighted by atomic mass is 10.2. The lowest BCUT2D eigenvalue weighted by Crippen LogP contribution is -1.86. The second-order valence-corrected chi connectivity index (χ2v) is 4.36. The van der Waals surface area contributed by atoms with Crippen LogP contribution in [-0.4, -0.2) is 11.0 Å². The molecule has 0 aromatic rings. The van der Waals surface area contributed by atoms with E-state index < -0.39 is 0 Å². The topological polar surface area (TPSA) is 0 Å². The summed E-state index contributed by atoms with van der Waals surface area (Å²) >= 11 is 2.01. The van der Waals surface area contributed by atoms with Crippen LogP contribution in [0.4, 0.5) is 0 Å². The lowest BCUT2D eigenvalue weighted by molar-refractivity contribution is 0.728. The first-order valence-corrected chi connectivity index (χ1v) is 5.93. The van der Waals surface area contributed by atoms with Crippen LogP contribution < -0.4 is 0 Å².